The molecule has 0 aliphatic carbocycles. The number of halogens is 3. The summed E-state index contributed by atoms with van der Waals surface area (Å²) < 4.78 is 40.3. The van der Waals surface area contributed by atoms with E-state index in [0.717, 1.165) is 5.01 Å². The van der Waals surface area contributed by atoms with E-state index in [-0.39, 0.29) is 28.4 Å². The number of hydrogen-bond acceptors (Lipinski definition) is 5. The third kappa shape index (κ3) is 4.60. The fourth-order valence-electron chi connectivity index (χ4n) is 2.22. The molecule has 140 valence electrons. The summed E-state index contributed by atoms with van der Waals surface area (Å²) in [6.45, 7) is 1.78. The van der Waals surface area contributed by atoms with Crippen LogP contribution in [0.3, 0.4) is 0 Å². The molecule has 0 bridgehead atoms. The molecular formula is C16H12F3N5OSSe. The molecule has 27 heavy (non-hydrogen) atoms. The van der Waals surface area contributed by atoms with E-state index in [1.54, 1.807) is 6.92 Å². The number of fused-ring (bicyclic) bond motifs is 1. The van der Waals surface area contributed by atoms with Crippen LogP contribution in [0, 0.1) is 18.8 Å². The molecule has 0 saturated heterocycles. The van der Waals surface area contributed by atoms with Gasteiger partial charge in [0, 0.05) is 0 Å². The summed E-state index contributed by atoms with van der Waals surface area (Å²) in [7, 11) is 0. The Morgan fingerprint density at radius 2 is 2.22 bits per heavy atom. The van der Waals surface area contributed by atoms with Crippen molar-refractivity contribution in [1.29, 1.82) is 0 Å². The number of carbonyl (C=O) groups is 1. The van der Waals surface area contributed by atoms with Crippen molar-refractivity contribution >= 4 is 48.1 Å². The van der Waals surface area contributed by atoms with E-state index in [4.69, 9.17) is 5.73 Å². The molecule has 0 fully saturated rings. The van der Waals surface area contributed by atoms with Gasteiger partial charge in [0.05, 0.1) is 0 Å². The van der Waals surface area contributed by atoms with E-state index in [9.17, 15) is 18.0 Å². The number of carbonyl (C=O) groups excluding carboxylic acids is 1. The van der Waals surface area contributed by atoms with Crippen LogP contribution < -0.4 is 15.6 Å². The van der Waals surface area contributed by atoms with Crippen molar-refractivity contribution in [2.45, 2.75) is 12.0 Å². The topological polar surface area (TPSA) is 85.3 Å². The minimum atomic E-state index is -4.34. The minimum absolute atomic E-state index is 0.00579. The zero-order valence-electron chi connectivity index (χ0n) is 13.8. The third-order valence-corrected chi connectivity index (χ3v) is 5.98. The molecule has 1 amide bonds. The first kappa shape index (κ1) is 19.2. The summed E-state index contributed by atoms with van der Waals surface area (Å²) in [6.07, 6.45) is 4.23. The molecule has 11 heteroatoms. The van der Waals surface area contributed by atoms with Gasteiger partial charge in [0.25, 0.3) is 0 Å². The number of aryl methyl sites for hydroxylation is 1. The quantitative estimate of drug-likeness (QED) is 0.458. The maximum atomic E-state index is 13.0. The Balaban J connectivity index is 1.82. The molecule has 3 N–H and O–H groups in total. The van der Waals surface area contributed by atoms with Crippen molar-refractivity contribution in [2.75, 3.05) is 12.3 Å². The third-order valence-electron chi connectivity index (χ3n) is 3.30. The maximum absolute atomic E-state index is 13.0. The molecule has 3 heterocycles. The zero-order chi connectivity index (χ0) is 19.6. The van der Waals surface area contributed by atoms with Gasteiger partial charge >= 0.3 is 162 Å². The average Bonchev–Trinajstić information content (AvgIpc) is 3.16. The van der Waals surface area contributed by atoms with Gasteiger partial charge in [0.2, 0.25) is 0 Å². The van der Waals surface area contributed by atoms with Crippen molar-refractivity contribution in [3.05, 3.63) is 40.1 Å². The van der Waals surface area contributed by atoms with Crippen molar-refractivity contribution in [3.63, 3.8) is 0 Å². The number of alkyl halides is 3. The molecule has 0 radical (unpaired) electrons. The molecule has 3 aromatic heterocycles. The standard InChI is InChI=1S/C16H12F3N5OSSe/c1-9-23-8-12(26-9)14(25)22-4-2-3-10-7-11-13(20)21-5-6-24(11)15(10)27-16(17,18)19/h5-8H,4H2,1H3,(H2,20,21)(H,22,25). The number of nitrogen functional groups attached to an aromatic ring is 1. The van der Waals surface area contributed by atoms with E-state index in [1.165, 1.54) is 40.4 Å². The summed E-state index contributed by atoms with van der Waals surface area (Å²) >= 11 is -0.559. The Kier molecular flexibility index (Phi) is 5.41. The van der Waals surface area contributed by atoms with Crippen LogP contribution in [0.4, 0.5) is 19.0 Å². The fourth-order valence-corrected chi connectivity index (χ4v) is 4.38. The number of nitrogens with two attached hydrogens (primary N) is 1. The van der Waals surface area contributed by atoms with Crippen molar-refractivity contribution in [3.8, 4) is 11.8 Å². The van der Waals surface area contributed by atoms with Gasteiger partial charge in [-0.05, 0) is 0 Å². The molecule has 0 unspecified atom stereocenters. The van der Waals surface area contributed by atoms with E-state index >= 15 is 0 Å². The first-order chi connectivity index (χ1) is 12.7. The summed E-state index contributed by atoms with van der Waals surface area (Å²) in [5, 5.41) is -0.986. The summed E-state index contributed by atoms with van der Waals surface area (Å²) in [6, 6.07) is 1.48. The van der Waals surface area contributed by atoms with Crippen molar-refractivity contribution in [1.82, 2.24) is 19.7 Å². The number of nitrogens with zero attached hydrogens (tertiary/aromatic N) is 3. The molecule has 0 saturated carbocycles. The molecule has 0 spiro atoms. The number of anilines is 1. The number of hydrogen-bond donors (Lipinski definition) is 2. The van der Waals surface area contributed by atoms with Gasteiger partial charge in [-0.1, -0.05) is 0 Å². The number of amides is 1. The number of nitrogens with one attached hydrogen (secondary N) is 1. The molecule has 3 rings (SSSR count). The van der Waals surface area contributed by atoms with Gasteiger partial charge in [-0.15, -0.1) is 0 Å². The summed E-state index contributed by atoms with van der Waals surface area (Å²) in [5.41, 5.74) is 6.33. The second kappa shape index (κ2) is 7.60. The predicted octanol–water partition coefficient (Wildman–Crippen LogP) is 1.31. The van der Waals surface area contributed by atoms with Gasteiger partial charge in [-0.2, -0.15) is 0 Å². The molecule has 6 nitrogen and oxygen atoms in total. The second-order valence-corrected chi connectivity index (χ2v) is 8.65. The van der Waals surface area contributed by atoms with Crippen LogP contribution in [0.15, 0.2) is 24.7 Å². The van der Waals surface area contributed by atoms with Crippen LogP contribution in [-0.4, -0.2) is 46.9 Å². The predicted molar refractivity (Wildman–Crippen MR) is 97.1 cm³/mol. The Hall–Kier alpha value is -2.54. The van der Waals surface area contributed by atoms with Crippen LogP contribution in [-0.2, 0) is 0 Å². The van der Waals surface area contributed by atoms with Crippen molar-refractivity contribution < 1.29 is 18.0 Å². The van der Waals surface area contributed by atoms with E-state index < -0.39 is 20.0 Å². The SMILES string of the molecule is Cc1ncc(C(=O)NCC#Cc2cc3c(N)nccn3c2[Se]C(F)(F)F)s1. The molecule has 0 atom stereocenters. The van der Waals surface area contributed by atoms with Gasteiger partial charge in [-0.3, -0.25) is 0 Å². The summed E-state index contributed by atoms with van der Waals surface area (Å²) in [5.74, 6) is 5.18. The molecule has 3 aromatic rings. The van der Waals surface area contributed by atoms with Crippen LogP contribution in [0.1, 0.15) is 20.2 Å². The molecule has 0 aromatic carbocycles. The monoisotopic (exact) mass is 459 g/mol. The Bertz CT molecular complexity index is 1060. The van der Waals surface area contributed by atoms with Gasteiger partial charge in [0.1, 0.15) is 0 Å². The van der Waals surface area contributed by atoms with Crippen LogP contribution in [0.5, 0.6) is 0 Å². The van der Waals surface area contributed by atoms with Gasteiger partial charge < -0.3 is 0 Å². The fraction of sp³-hybridized carbons (Fsp3) is 0.188. The Labute approximate surface area is 162 Å². The van der Waals surface area contributed by atoms with Gasteiger partial charge in [-0.25, -0.2) is 0 Å². The first-order valence-corrected chi connectivity index (χ1v) is 9.98. The number of thiazole rings is 1. The van der Waals surface area contributed by atoms with Crippen molar-refractivity contribution in [2.24, 2.45) is 0 Å². The normalized spacial score (nSPS) is 11.3. The average molecular weight is 458 g/mol. The molecule has 0 aliphatic heterocycles. The number of rotatable bonds is 3. The number of aromatic nitrogens is 3. The Morgan fingerprint density at radius 1 is 1.44 bits per heavy atom. The molecule has 0 aliphatic rings. The Morgan fingerprint density at radius 3 is 2.89 bits per heavy atom. The molecular weight excluding hydrogens is 446 g/mol. The van der Waals surface area contributed by atoms with Crippen LogP contribution >= 0.6 is 11.3 Å². The van der Waals surface area contributed by atoms with E-state index in [2.05, 4.69) is 27.1 Å². The zero-order valence-corrected chi connectivity index (χ0v) is 16.3. The van der Waals surface area contributed by atoms with E-state index in [1.807, 2.05) is 0 Å². The van der Waals surface area contributed by atoms with Crippen LogP contribution in [0.25, 0.3) is 5.52 Å². The van der Waals surface area contributed by atoms with Crippen LogP contribution in [0.2, 0.25) is 0 Å². The van der Waals surface area contributed by atoms with E-state index in [0.29, 0.717) is 10.4 Å². The summed E-state index contributed by atoms with van der Waals surface area (Å²) in [4.78, 5) is 20.2. The first-order valence-electron chi connectivity index (χ1n) is 7.45. The second-order valence-electron chi connectivity index (χ2n) is 5.21. The van der Waals surface area contributed by atoms with Gasteiger partial charge in [0.15, 0.2) is 0 Å².